The molecule has 1 heterocycles. The predicted molar refractivity (Wildman–Crippen MR) is 58.6 cm³/mol. The first-order valence-corrected chi connectivity index (χ1v) is 5.49. The van der Waals surface area contributed by atoms with E-state index in [0.29, 0.717) is 19.0 Å². The van der Waals surface area contributed by atoms with Crippen molar-refractivity contribution in [3.05, 3.63) is 18.2 Å². The molecule has 15 heavy (non-hydrogen) atoms. The van der Waals surface area contributed by atoms with E-state index in [0.717, 1.165) is 5.82 Å². The summed E-state index contributed by atoms with van der Waals surface area (Å²) in [5.41, 5.74) is -0.707. The number of aromatic nitrogens is 2. The maximum Gasteiger partial charge on any atom is 0.111 e. The largest absolute Gasteiger partial charge is 0.388 e. The minimum absolute atomic E-state index is 0.593. The van der Waals surface area contributed by atoms with Gasteiger partial charge in [-0.05, 0) is 19.8 Å². The molecule has 1 aliphatic rings. The lowest BCUT2D eigenvalue weighted by Crippen LogP contribution is -2.41. The highest BCUT2D eigenvalue weighted by molar-refractivity contribution is 4.98. The molecule has 0 aliphatic heterocycles. The van der Waals surface area contributed by atoms with Crippen molar-refractivity contribution in [2.45, 2.75) is 37.8 Å². The average molecular weight is 209 g/mol. The summed E-state index contributed by atoms with van der Waals surface area (Å²) in [5.74, 6) is 0.928. The van der Waals surface area contributed by atoms with Gasteiger partial charge in [-0.25, -0.2) is 4.98 Å². The van der Waals surface area contributed by atoms with Gasteiger partial charge < -0.3 is 15.0 Å². The second-order valence-corrected chi connectivity index (χ2v) is 4.78. The third kappa shape index (κ3) is 3.04. The maximum atomic E-state index is 10.2. The smallest absolute Gasteiger partial charge is 0.111 e. The summed E-state index contributed by atoms with van der Waals surface area (Å²) in [7, 11) is 1.95. The van der Waals surface area contributed by atoms with Crippen LogP contribution in [0.25, 0.3) is 0 Å². The SMILES string of the molecule is Cn1ccnc1CC(C)(O)CNC1CC1. The fourth-order valence-corrected chi connectivity index (χ4v) is 1.62. The van der Waals surface area contributed by atoms with Crippen molar-refractivity contribution in [2.75, 3.05) is 6.54 Å². The zero-order chi connectivity index (χ0) is 10.9. The molecule has 84 valence electrons. The number of aryl methyl sites for hydroxylation is 1. The highest BCUT2D eigenvalue weighted by atomic mass is 16.3. The van der Waals surface area contributed by atoms with Crippen molar-refractivity contribution in [1.82, 2.24) is 14.9 Å². The Hall–Kier alpha value is -0.870. The van der Waals surface area contributed by atoms with Crippen molar-refractivity contribution < 1.29 is 5.11 Å². The fourth-order valence-electron chi connectivity index (χ4n) is 1.62. The quantitative estimate of drug-likeness (QED) is 0.741. The molecule has 1 aliphatic carbocycles. The molecule has 1 atom stereocenters. The van der Waals surface area contributed by atoms with Gasteiger partial charge in [0, 0.05) is 38.4 Å². The lowest BCUT2D eigenvalue weighted by molar-refractivity contribution is 0.0571. The van der Waals surface area contributed by atoms with Crippen LogP contribution in [0, 0.1) is 0 Å². The van der Waals surface area contributed by atoms with Gasteiger partial charge in [-0.1, -0.05) is 0 Å². The Morgan fingerprint density at radius 1 is 1.67 bits per heavy atom. The fraction of sp³-hybridized carbons (Fsp3) is 0.727. The predicted octanol–water partition coefficient (Wildman–Crippen LogP) is 0.466. The van der Waals surface area contributed by atoms with Crippen LogP contribution in [0.5, 0.6) is 0 Å². The van der Waals surface area contributed by atoms with E-state index < -0.39 is 5.60 Å². The molecule has 0 saturated heterocycles. The van der Waals surface area contributed by atoms with E-state index in [1.807, 2.05) is 24.7 Å². The summed E-state index contributed by atoms with van der Waals surface area (Å²) >= 11 is 0. The molecule has 0 bridgehead atoms. The Morgan fingerprint density at radius 3 is 2.93 bits per heavy atom. The van der Waals surface area contributed by atoms with Crippen LogP contribution in [0.15, 0.2) is 12.4 Å². The number of hydrogen-bond acceptors (Lipinski definition) is 3. The molecule has 4 heteroatoms. The van der Waals surface area contributed by atoms with Crippen molar-refractivity contribution in [1.29, 1.82) is 0 Å². The molecule has 1 aromatic rings. The first-order valence-electron chi connectivity index (χ1n) is 5.49. The van der Waals surface area contributed by atoms with Gasteiger partial charge in [0.15, 0.2) is 0 Å². The van der Waals surface area contributed by atoms with Gasteiger partial charge in [-0.15, -0.1) is 0 Å². The standard InChI is InChI=1S/C11H19N3O/c1-11(15,8-13-9-3-4-9)7-10-12-5-6-14(10)2/h5-6,9,13,15H,3-4,7-8H2,1-2H3. The monoisotopic (exact) mass is 209 g/mol. The van der Waals surface area contributed by atoms with Gasteiger partial charge in [0.25, 0.3) is 0 Å². The molecule has 2 N–H and O–H groups in total. The second-order valence-electron chi connectivity index (χ2n) is 4.78. The topological polar surface area (TPSA) is 50.1 Å². The molecule has 0 spiro atoms. The van der Waals surface area contributed by atoms with E-state index in [4.69, 9.17) is 0 Å². The maximum absolute atomic E-state index is 10.2. The van der Waals surface area contributed by atoms with Crippen LogP contribution < -0.4 is 5.32 Å². The van der Waals surface area contributed by atoms with Crippen LogP contribution in [-0.4, -0.2) is 32.8 Å². The molecule has 2 rings (SSSR count). The molecule has 1 unspecified atom stereocenters. The van der Waals surface area contributed by atoms with E-state index in [2.05, 4.69) is 10.3 Å². The van der Waals surface area contributed by atoms with Gasteiger partial charge in [0.2, 0.25) is 0 Å². The van der Waals surface area contributed by atoms with Crippen LogP contribution in [0.2, 0.25) is 0 Å². The van der Waals surface area contributed by atoms with Crippen molar-refractivity contribution in [3.8, 4) is 0 Å². The van der Waals surface area contributed by atoms with E-state index in [-0.39, 0.29) is 0 Å². The number of rotatable bonds is 5. The zero-order valence-corrected chi connectivity index (χ0v) is 9.40. The van der Waals surface area contributed by atoms with E-state index in [9.17, 15) is 5.11 Å². The first-order chi connectivity index (χ1) is 7.07. The summed E-state index contributed by atoms with van der Waals surface area (Å²) in [6.07, 6.45) is 6.76. The van der Waals surface area contributed by atoms with Crippen LogP contribution in [0.1, 0.15) is 25.6 Å². The van der Waals surface area contributed by atoms with Gasteiger partial charge >= 0.3 is 0 Å². The third-order valence-electron chi connectivity index (χ3n) is 2.81. The van der Waals surface area contributed by atoms with Crippen molar-refractivity contribution in [3.63, 3.8) is 0 Å². The summed E-state index contributed by atoms with van der Waals surface area (Å²) in [5, 5.41) is 13.5. The summed E-state index contributed by atoms with van der Waals surface area (Å²) in [4.78, 5) is 4.22. The van der Waals surface area contributed by atoms with Gasteiger partial charge in [0.05, 0.1) is 5.60 Å². The third-order valence-corrected chi connectivity index (χ3v) is 2.81. The summed E-state index contributed by atoms with van der Waals surface area (Å²) in [6, 6.07) is 0.637. The lowest BCUT2D eigenvalue weighted by atomic mass is 10.0. The first kappa shape index (κ1) is 10.6. The highest BCUT2D eigenvalue weighted by Gasteiger charge is 2.27. The van der Waals surface area contributed by atoms with E-state index in [1.165, 1.54) is 12.8 Å². The molecule has 0 amide bonds. The molecule has 1 saturated carbocycles. The minimum Gasteiger partial charge on any atom is -0.388 e. The number of nitrogens with zero attached hydrogens (tertiary/aromatic N) is 2. The van der Waals surface area contributed by atoms with Crippen molar-refractivity contribution >= 4 is 0 Å². The Bertz CT molecular complexity index is 328. The van der Waals surface area contributed by atoms with Gasteiger partial charge in [-0.2, -0.15) is 0 Å². The number of imidazole rings is 1. The molecular weight excluding hydrogens is 190 g/mol. The zero-order valence-electron chi connectivity index (χ0n) is 9.40. The minimum atomic E-state index is -0.707. The number of nitrogens with one attached hydrogen (secondary N) is 1. The molecule has 4 nitrogen and oxygen atoms in total. The van der Waals surface area contributed by atoms with E-state index >= 15 is 0 Å². The Balaban J connectivity index is 1.87. The second kappa shape index (κ2) is 3.94. The summed E-state index contributed by atoms with van der Waals surface area (Å²) in [6.45, 7) is 2.50. The van der Waals surface area contributed by atoms with E-state index in [1.54, 1.807) is 6.20 Å². The average Bonchev–Trinajstić information content (AvgIpc) is 2.90. The number of aliphatic hydroxyl groups is 1. The van der Waals surface area contributed by atoms with Crippen LogP contribution in [-0.2, 0) is 13.5 Å². The normalized spacial score (nSPS) is 20.2. The van der Waals surface area contributed by atoms with Crippen LogP contribution in [0.4, 0.5) is 0 Å². The number of hydrogen-bond donors (Lipinski definition) is 2. The Morgan fingerprint density at radius 2 is 2.40 bits per heavy atom. The lowest BCUT2D eigenvalue weighted by Gasteiger charge is -2.23. The Labute approximate surface area is 90.3 Å². The van der Waals surface area contributed by atoms with Crippen molar-refractivity contribution in [2.24, 2.45) is 7.05 Å². The van der Waals surface area contributed by atoms with Crippen LogP contribution in [0.3, 0.4) is 0 Å². The molecule has 0 radical (unpaired) electrons. The molecule has 0 aromatic carbocycles. The van der Waals surface area contributed by atoms with Crippen LogP contribution >= 0.6 is 0 Å². The molecule has 1 fully saturated rings. The van der Waals surface area contributed by atoms with Gasteiger partial charge in [0.1, 0.15) is 5.82 Å². The highest BCUT2D eigenvalue weighted by Crippen LogP contribution is 2.20. The molecule has 1 aromatic heterocycles. The Kier molecular flexibility index (Phi) is 2.80. The molecular formula is C11H19N3O. The summed E-state index contributed by atoms with van der Waals surface area (Å²) < 4.78 is 1.95. The van der Waals surface area contributed by atoms with Gasteiger partial charge in [-0.3, -0.25) is 0 Å².